The largest absolute Gasteiger partial charge is 0.497 e. The second-order valence-corrected chi connectivity index (χ2v) is 15.6. The number of hydrogen-bond acceptors (Lipinski definition) is 7. The summed E-state index contributed by atoms with van der Waals surface area (Å²) in [4.78, 5) is 71.3. The van der Waals surface area contributed by atoms with E-state index in [0.717, 1.165) is 23.3 Å². The third kappa shape index (κ3) is 9.75. The summed E-state index contributed by atoms with van der Waals surface area (Å²) in [5, 5.41) is 5.45. The van der Waals surface area contributed by atoms with Crippen LogP contribution in [0.4, 0.5) is 0 Å². The first-order chi connectivity index (χ1) is 26.8. The van der Waals surface area contributed by atoms with Crippen molar-refractivity contribution in [2.24, 2.45) is 11.8 Å². The number of nitrogens with one attached hydrogen (secondary N) is 2. The lowest BCUT2D eigenvalue weighted by atomic mass is 9.81. The number of amides is 5. The first-order valence-electron chi connectivity index (χ1n) is 19.2. The number of likely N-dealkylation sites (N-methyl/N-ethyl adjacent to an activating group) is 1. The number of allylic oxidation sites excluding steroid dienone is 4. The van der Waals surface area contributed by atoms with Gasteiger partial charge in [0.05, 0.1) is 23.5 Å². The zero-order valence-corrected chi connectivity index (χ0v) is 32.3. The second-order valence-electron chi connectivity index (χ2n) is 14.4. The Hall–Kier alpha value is -5.16. The van der Waals surface area contributed by atoms with Gasteiger partial charge in [0, 0.05) is 32.3 Å². The number of imide groups is 1. The molecule has 0 spiro atoms. The molecule has 6 rings (SSSR count). The molecule has 1 fully saturated rings. The zero-order chi connectivity index (χ0) is 38.7. The molecular weight excluding hydrogens is 713 g/mol. The maximum absolute atomic E-state index is 14.6. The van der Waals surface area contributed by atoms with Crippen molar-refractivity contribution in [3.63, 3.8) is 0 Å². The average Bonchev–Trinajstić information content (AvgIpc) is 3.35. The van der Waals surface area contributed by atoms with E-state index < -0.39 is 17.3 Å². The number of benzene rings is 3. The molecule has 3 aromatic rings. The quantitative estimate of drug-likeness (QED) is 0.136. The smallest absolute Gasteiger partial charge is 0.261 e. The molecular formula is C44H50N4O6S. The number of carbonyl (C=O) groups excluding carboxylic acids is 5. The van der Waals surface area contributed by atoms with Crippen molar-refractivity contribution < 1.29 is 28.7 Å². The van der Waals surface area contributed by atoms with Crippen molar-refractivity contribution >= 4 is 41.3 Å². The van der Waals surface area contributed by atoms with Gasteiger partial charge in [-0.3, -0.25) is 28.9 Å². The van der Waals surface area contributed by atoms with E-state index in [1.807, 2.05) is 66.7 Å². The van der Waals surface area contributed by atoms with Gasteiger partial charge in [0.15, 0.2) is 0 Å². The number of fused-ring (bicyclic) bond motifs is 1. The van der Waals surface area contributed by atoms with Gasteiger partial charge in [0.2, 0.25) is 17.7 Å². The van der Waals surface area contributed by atoms with Crippen LogP contribution in [-0.2, 0) is 26.6 Å². The van der Waals surface area contributed by atoms with Gasteiger partial charge in [-0.1, -0.05) is 85.3 Å². The Morgan fingerprint density at radius 1 is 0.873 bits per heavy atom. The first kappa shape index (κ1) is 39.5. The maximum atomic E-state index is 14.6. The Labute approximate surface area is 327 Å². The molecule has 0 saturated carbocycles. The minimum absolute atomic E-state index is 0.118. The summed E-state index contributed by atoms with van der Waals surface area (Å²) in [7, 11) is 3.20. The molecule has 3 aliphatic rings. The maximum Gasteiger partial charge on any atom is 0.261 e. The predicted molar refractivity (Wildman–Crippen MR) is 214 cm³/mol. The SMILES string of the molecule is CNC(=O)C(Cc1ccccc1)N1CCC(C2C=CC=CC2)CC(NC(=O)C(CCCCN2C(=O)c3ccccc3C2=O)SCc2ccc(OC)cc2)C1=O. The molecule has 10 nitrogen and oxygen atoms in total. The van der Waals surface area contributed by atoms with E-state index in [9.17, 15) is 24.0 Å². The molecule has 0 bridgehead atoms. The normalized spacial score (nSPS) is 20.5. The number of nitrogens with zero attached hydrogens (tertiary/aromatic N) is 2. The summed E-state index contributed by atoms with van der Waals surface area (Å²) < 4.78 is 5.32. The van der Waals surface area contributed by atoms with Crippen LogP contribution in [0.3, 0.4) is 0 Å². The summed E-state index contributed by atoms with van der Waals surface area (Å²) in [5.41, 5.74) is 2.81. The Balaban J connectivity index is 1.19. The van der Waals surface area contributed by atoms with E-state index in [0.29, 0.717) is 61.9 Å². The summed E-state index contributed by atoms with van der Waals surface area (Å²) in [5.74, 6) is 0.320. The average molecular weight is 763 g/mol. The summed E-state index contributed by atoms with van der Waals surface area (Å²) >= 11 is 1.50. The lowest BCUT2D eigenvalue weighted by Gasteiger charge is -2.32. The van der Waals surface area contributed by atoms with Gasteiger partial charge >= 0.3 is 0 Å². The van der Waals surface area contributed by atoms with Gasteiger partial charge in [-0.2, -0.15) is 0 Å². The Morgan fingerprint density at radius 2 is 1.58 bits per heavy atom. The van der Waals surface area contributed by atoms with Gasteiger partial charge in [-0.05, 0) is 79.3 Å². The molecule has 1 saturated heterocycles. The number of carbonyl (C=O) groups is 5. The predicted octanol–water partition coefficient (Wildman–Crippen LogP) is 5.98. The zero-order valence-electron chi connectivity index (χ0n) is 31.5. The number of rotatable bonds is 16. The summed E-state index contributed by atoms with van der Waals surface area (Å²) in [6.45, 7) is 0.662. The van der Waals surface area contributed by atoms with Gasteiger partial charge in [-0.25, -0.2) is 0 Å². The molecule has 2 N–H and O–H groups in total. The Morgan fingerprint density at radius 3 is 2.24 bits per heavy atom. The van der Waals surface area contributed by atoms with Crippen LogP contribution < -0.4 is 15.4 Å². The topological polar surface area (TPSA) is 125 Å². The molecule has 0 radical (unpaired) electrons. The Bertz CT molecular complexity index is 1860. The lowest BCUT2D eigenvalue weighted by Crippen LogP contribution is -2.56. The highest BCUT2D eigenvalue weighted by molar-refractivity contribution is 7.99. The second kappa shape index (κ2) is 18.9. The van der Waals surface area contributed by atoms with E-state index in [4.69, 9.17) is 4.74 Å². The fourth-order valence-electron chi connectivity index (χ4n) is 7.77. The molecule has 2 heterocycles. The van der Waals surface area contributed by atoms with Crippen LogP contribution in [0.2, 0.25) is 0 Å². The minimum Gasteiger partial charge on any atom is -0.497 e. The molecule has 3 aromatic carbocycles. The Kier molecular flexibility index (Phi) is 13.6. The third-order valence-electron chi connectivity index (χ3n) is 10.9. The first-order valence-corrected chi connectivity index (χ1v) is 20.2. The van der Waals surface area contributed by atoms with E-state index in [2.05, 4.69) is 22.8 Å². The molecule has 5 atom stereocenters. The van der Waals surface area contributed by atoms with Gasteiger partial charge in [0.1, 0.15) is 17.8 Å². The number of methoxy groups -OCH3 is 1. The van der Waals surface area contributed by atoms with Crippen molar-refractivity contribution in [3.05, 3.63) is 125 Å². The van der Waals surface area contributed by atoms with Gasteiger partial charge in [0.25, 0.3) is 11.8 Å². The standard InChI is InChI=1S/C44H50N4O6S/c1-45-40(49)38(27-30-13-5-3-6-14-30)47-26-24-33(32-15-7-4-8-16-32)28-37(44(47)53)46-41(50)39(55-29-31-20-22-34(54-2)23-21-31)19-11-12-25-48-42(51)35-17-9-10-18-36(35)43(48)52/h3-10,13-15,17-18,20-23,32-33,37-39H,11-12,16,19,24-29H2,1-2H3,(H,45,49)(H,46,50). The minimum atomic E-state index is -0.815. The van der Waals surface area contributed by atoms with Crippen molar-refractivity contribution in [2.45, 2.75) is 68.0 Å². The fourth-order valence-corrected chi connectivity index (χ4v) is 8.91. The van der Waals surface area contributed by atoms with Crippen LogP contribution in [0.5, 0.6) is 5.75 Å². The van der Waals surface area contributed by atoms with Crippen LogP contribution in [0.1, 0.15) is 70.4 Å². The highest BCUT2D eigenvalue weighted by Crippen LogP contribution is 2.33. The van der Waals surface area contributed by atoms with Gasteiger partial charge in [-0.15, -0.1) is 11.8 Å². The van der Waals surface area contributed by atoms with Crippen molar-refractivity contribution in [1.29, 1.82) is 0 Å². The molecule has 5 amide bonds. The van der Waals surface area contributed by atoms with E-state index in [-0.39, 0.29) is 47.9 Å². The molecule has 11 heteroatoms. The molecule has 55 heavy (non-hydrogen) atoms. The number of hydrogen-bond donors (Lipinski definition) is 2. The fraction of sp³-hybridized carbons (Fsp3) is 0.386. The van der Waals surface area contributed by atoms with Gasteiger partial charge < -0.3 is 20.3 Å². The number of ether oxygens (including phenoxy) is 1. The van der Waals surface area contributed by atoms with Crippen LogP contribution >= 0.6 is 11.8 Å². The van der Waals surface area contributed by atoms with E-state index >= 15 is 0 Å². The molecule has 288 valence electrons. The molecule has 0 aromatic heterocycles. The highest BCUT2D eigenvalue weighted by Gasteiger charge is 2.40. The van der Waals surface area contributed by atoms with Crippen LogP contribution in [0, 0.1) is 11.8 Å². The number of thioether (sulfide) groups is 1. The highest BCUT2D eigenvalue weighted by atomic mass is 32.2. The van der Waals surface area contributed by atoms with Crippen LogP contribution in [0.25, 0.3) is 0 Å². The summed E-state index contributed by atoms with van der Waals surface area (Å²) in [6, 6.07) is 22.7. The van der Waals surface area contributed by atoms with E-state index in [1.54, 1.807) is 43.3 Å². The van der Waals surface area contributed by atoms with Crippen LogP contribution in [-0.4, -0.2) is 83.9 Å². The van der Waals surface area contributed by atoms with Crippen molar-refractivity contribution in [2.75, 3.05) is 27.2 Å². The van der Waals surface area contributed by atoms with Crippen molar-refractivity contribution in [1.82, 2.24) is 20.4 Å². The third-order valence-corrected chi connectivity index (χ3v) is 12.2. The van der Waals surface area contributed by atoms with Crippen LogP contribution in [0.15, 0.2) is 103 Å². The van der Waals surface area contributed by atoms with E-state index in [1.165, 1.54) is 16.7 Å². The number of likely N-dealkylation sites (tertiary alicyclic amines) is 1. The molecule has 5 unspecified atom stereocenters. The molecule has 2 aliphatic heterocycles. The monoisotopic (exact) mass is 762 g/mol. The van der Waals surface area contributed by atoms with Crippen molar-refractivity contribution in [3.8, 4) is 5.75 Å². The summed E-state index contributed by atoms with van der Waals surface area (Å²) in [6.07, 6.45) is 12.4. The molecule has 1 aliphatic carbocycles. The lowest BCUT2D eigenvalue weighted by molar-refractivity contribution is -0.142. The number of unbranched alkanes of at least 4 members (excludes halogenated alkanes) is 1.